The average molecular weight is 297 g/mol. The van der Waals surface area contributed by atoms with Gasteiger partial charge in [0.05, 0.1) is 5.69 Å². The highest BCUT2D eigenvalue weighted by atomic mass is 79.9. The van der Waals surface area contributed by atoms with Crippen LogP contribution < -0.4 is 10.6 Å². The van der Waals surface area contributed by atoms with Gasteiger partial charge in [0, 0.05) is 23.1 Å². The summed E-state index contributed by atoms with van der Waals surface area (Å²) in [6, 6.07) is 7.37. The third-order valence-electron chi connectivity index (χ3n) is 3.26. The van der Waals surface area contributed by atoms with Crippen LogP contribution in [0, 0.1) is 0 Å². The summed E-state index contributed by atoms with van der Waals surface area (Å²) in [7, 11) is 0. The van der Waals surface area contributed by atoms with Crippen LogP contribution in [-0.4, -0.2) is 12.6 Å². The second kappa shape index (κ2) is 5.40. The summed E-state index contributed by atoms with van der Waals surface area (Å²) in [5.41, 5.74) is 8.41. The fourth-order valence-corrected chi connectivity index (χ4v) is 2.79. The number of halogens is 1. The number of hydrogen-bond donors (Lipinski definition) is 1. The normalized spacial score (nSPS) is 16.9. The Balaban J connectivity index is 2.24. The predicted octanol–water partition coefficient (Wildman–Crippen LogP) is 3.85. The fourth-order valence-electron chi connectivity index (χ4n) is 2.17. The first-order valence-corrected chi connectivity index (χ1v) is 7.24. The lowest BCUT2D eigenvalue weighted by molar-refractivity contribution is 0.759. The second-order valence-corrected chi connectivity index (χ2v) is 5.78. The van der Waals surface area contributed by atoms with E-state index >= 15 is 0 Å². The van der Waals surface area contributed by atoms with Gasteiger partial charge in [-0.3, -0.25) is 0 Å². The lowest BCUT2D eigenvalue weighted by Crippen LogP contribution is -2.26. The molecule has 17 heavy (non-hydrogen) atoms. The maximum atomic E-state index is 5.91. The van der Waals surface area contributed by atoms with Crippen molar-refractivity contribution in [2.24, 2.45) is 5.73 Å². The van der Waals surface area contributed by atoms with Gasteiger partial charge in [0.1, 0.15) is 0 Å². The van der Waals surface area contributed by atoms with Crippen molar-refractivity contribution in [2.45, 2.75) is 45.2 Å². The minimum atomic E-state index is 0.0981. The lowest BCUT2D eigenvalue weighted by Gasteiger charge is -2.26. The van der Waals surface area contributed by atoms with E-state index in [0.29, 0.717) is 0 Å². The number of nitrogens with two attached hydrogens (primary N) is 1. The van der Waals surface area contributed by atoms with Crippen LogP contribution in [0.2, 0.25) is 0 Å². The SMILES string of the molecule is CCCN(c1ccc([C@@H](C)N)cc1Br)C1CC1. The molecule has 1 aliphatic carbocycles. The van der Waals surface area contributed by atoms with E-state index in [-0.39, 0.29) is 6.04 Å². The maximum absolute atomic E-state index is 5.91. The minimum Gasteiger partial charge on any atom is -0.368 e. The van der Waals surface area contributed by atoms with Crippen molar-refractivity contribution in [2.75, 3.05) is 11.4 Å². The molecule has 0 saturated heterocycles. The molecule has 2 N–H and O–H groups in total. The van der Waals surface area contributed by atoms with Crippen molar-refractivity contribution in [3.63, 3.8) is 0 Å². The Bertz CT molecular complexity index is 386. The van der Waals surface area contributed by atoms with Crippen molar-refractivity contribution < 1.29 is 0 Å². The molecule has 2 rings (SSSR count). The number of hydrogen-bond acceptors (Lipinski definition) is 2. The van der Waals surface area contributed by atoms with E-state index in [1.165, 1.54) is 35.0 Å². The Morgan fingerprint density at radius 2 is 2.18 bits per heavy atom. The molecule has 1 aliphatic rings. The molecule has 0 aliphatic heterocycles. The Hall–Kier alpha value is -0.540. The molecule has 2 nitrogen and oxygen atoms in total. The van der Waals surface area contributed by atoms with Gasteiger partial charge in [-0.15, -0.1) is 0 Å². The molecule has 0 unspecified atom stereocenters. The van der Waals surface area contributed by atoms with Crippen molar-refractivity contribution in [3.8, 4) is 0 Å². The Labute approximate surface area is 112 Å². The molecule has 0 spiro atoms. The van der Waals surface area contributed by atoms with Gasteiger partial charge in [-0.1, -0.05) is 13.0 Å². The van der Waals surface area contributed by atoms with Crippen LogP contribution in [0.1, 0.15) is 44.7 Å². The molecule has 1 aromatic rings. The first kappa shape index (κ1) is 12.9. The van der Waals surface area contributed by atoms with Crippen molar-refractivity contribution in [3.05, 3.63) is 28.2 Å². The summed E-state index contributed by atoms with van der Waals surface area (Å²) in [5, 5.41) is 0. The van der Waals surface area contributed by atoms with Gasteiger partial charge in [0.15, 0.2) is 0 Å². The van der Waals surface area contributed by atoms with Crippen LogP contribution in [0.25, 0.3) is 0 Å². The van der Waals surface area contributed by atoms with Crippen LogP contribution in [0.4, 0.5) is 5.69 Å². The van der Waals surface area contributed by atoms with Crippen LogP contribution in [0.5, 0.6) is 0 Å². The molecular formula is C14H21BrN2. The zero-order valence-corrected chi connectivity index (χ0v) is 12.2. The van der Waals surface area contributed by atoms with Crippen LogP contribution in [-0.2, 0) is 0 Å². The number of benzene rings is 1. The molecule has 1 saturated carbocycles. The first-order valence-electron chi connectivity index (χ1n) is 6.45. The Morgan fingerprint density at radius 1 is 1.47 bits per heavy atom. The van der Waals surface area contributed by atoms with Gasteiger partial charge in [-0.05, 0) is 59.8 Å². The second-order valence-electron chi connectivity index (χ2n) is 4.92. The van der Waals surface area contributed by atoms with E-state index in [4.69, 9.17) is 5.73 Å². The number of nitrogens with zero attached hydrogens (tertiary/aromatic N) is 1. The third kappa shape index (κ3) is 3.02. The minimum absolute atomic E-state index is 0.0981. The highest BCUT2D eigenvalue weighted by Gasteiger charge is 2.29. The van der Waals surface area contributed by atoms with E-state index in [2.05, 4.69) is 46.0 Å². The molecule has 0 bridgehead atoms. The van der Waals surface area contributed by atoms with E-state index in [9.17, 15) is 0 Å². The summed E-state index contributed by atoms with van der Waals surface area (Å²) in [5.74, 6) is 0. The zero-order valence-electron chi connectivity index (χ0n) is 10.6. The largest absolute Gasteiger partial charge is 0.368 e. The quantitative estimate of drug-likeness (QED) is 0.894. The molecular weight excluding hydrogens is 276 g/mol. The third-order valence-corrected chi connectivity index (χ3v) is 3.89. The molecule has 0 radical (unpaired) electrons. The van der Waals surface area contributed by atoms with E-state index in [1.807, 2.05) is 6.92 Å². The fraction of sp³-hybridized carbons (Fsp3) is 0.571. The van der Waals surface area contributed by atoms with E-state index in [1.54, 1.807) is 0 Å². The van der Waals surface area contributed by atoms with Crippen LogP contribution >= 0.6 is 15.9 Å². The summed E-state index contributed by atoms with van der Waals surface area (Å²) in [6.07, 6.45) is 3.86. The molecule has 0 aromatic heterocycles. The molecule has 3 heteroatoms. The maximum Gasteiger partial charge on any atom is 0.0513 e. The monoisotopic (exact) mass is 296 g/mol. The molecule has 0 heterocycles. The van der Waals surface area contributed by atoms with Gasteiger partial charge in [0.2, 0.25) is 0 Å². The smallest absolute Gasteiger partial charge is 0.0513 e. The molecule has 1 aromatic carbocycles. The number of anilines is 1. The van der Waals surface area contributed by atoms with Crippen molar-refractivity contribution >= 4 is 21.6 Å². The van der Waals surface area contributed by atoms with Crippen LogP contribution in [0.3, 0.4) is 0 Å². The Morgan fingerprint density at radius 3 is 2.65 bits per heavy atom. The van der Waals surface area contributed by atoms with Gasteiger partial charge in [0.25, 0.3) is 0 Å². The van der Waals surface area contributed by atoms with Gasteiger partial charge >= 0.3 is 0 Å². The first-order chi connectivity index (χ1) is 8.13. The standard InChI is InChI=1S/C14H21BrN2/c1-3-8-17(12-5-6-12)14-7-4-11(10(2)16)9-13(14)15/h4,7,9-10,12H,3,5-6,8,16H2,1-2H3/t10-/m1/s1. The molecule has 0 amide bonds. The summed E-state index contributed by atoms with van der Waals surface area (Å²) >= 11 is 3.68. The van der Waals surface area contributed by atoms with E-state index in [0.717, 1.165) is 12.6 Å². The highest BCUT2D eigenvalue weighted by Crippen LogP contribution is 2.36. The summed E-state index contributed by atoms with van der Waals surface area (Å²) in [6.45, 7) is 5.40. The van der Waals surface area contributed by atoms with E-state index < -0.39 is 0 Å². The molecule has 1 fully saturated rings. The average Bonchev–Trinajstić information content (AvgIpc) is 3.10. The van der Waals surface area contributed by atoms with Gasteiger partial charge in [-0.2, -0.15) is 0 Å². The van der Waals surface area contributed by atoms with Gasteiger partial charge in [-0.25, -0.2) is 0 Å². The summed E-state index contributed by atoms with van der Waals surface area (Å²) < 4.78 is 1.17. The topological polar surface area (TPSA) is 29.3 Å². The molecule has 1 atom stereocenters. The summed E-state index contributed by atoms with van der Waals surface area (Å²) in [4.78, 5) is 2.52. The highest BCUT2D eigenvalue weighted by molar-refractivity contribution is 9.10. The number of rotatable bonds is 5. The lowest BCUT2D eigenvalue weighted by atomic mass is 10.1. The van der Waals surface area contributed by atoms with Gasteiger partial charge < -0.3 is 10.6 Å². The predicted molar refractivity (Wildman–Crippen MR) is 77.4 cm³/mol. The Kier molecular flexibility index (Phi) is 4.10. The molecule has 94 valence electrons. The van der Waals surface area contributed by atoms with Crippen molar-refractivity contribution in [1.29, 1.82) is 0 Å². The van der Waals surface area contributed by atoms with Crippen molar-refractivity contribution in [1.82, 2.24) is 0 Å². The van der Waals surface area contributed by atoms with Crippen LogP contribution in [0.15, 0.2) is 22.7 Å². The zero-order chi connectivity index (χ0) is 12.4.